The van der Waals surface area contributed by atoms with Gasteiger partial charge in [-0.2, -0.15) is 0 Å². The van der Waals surface area contributed by atoms with Gasteiger partial charge in [0.1, 0.15) is 0 Å². The second-order valence-electron chi connectivity index (χ2n) is 2.49. The summed E-state index contributed by atoms with van der Waals surface area (Å²) in [6, 6.07) is 0. The zero-order valence-electron chi connectivity index (χ0n) is 6.32. The summed E-state index contributed by atoms with van der Waals surface area (Å²) < 4.78 is 0. The lowest BCUT2D eigenvalue weighted by molar-refractivity contribution is 0.744. The van der Waals surface area contributed by atoms with Crippen LogP contribution in [0.2, 0.25) is 0 Å². The van der Waals surface area contributed by atoms with Crippen LogP contribution in [-0.2, 0) is 0 Å². The summed E-state index contributed by atoms with van der Waals surface area (Å²) in [5, 5.41) is 0. The van der Waals surface area contributed by atoms with E-state index in [2.05, 4.69) is 20.1 Å². The molecule has 0 heteroatoms. The lowest BCUT2D eigenvalue weighted by atomic mass is 10.1. The highest BCUT2D eigenvalue weighted by Gasteiger charge is 1.85. The molecule has 0 amide bonds. The Balaban J connectivity index is 2.91. The summed E-state index contributed by atoms with van der Waals surface area (Å²) in [5.74, 6) is 0. The summed E-state index contributed by atoms with van der Waals surface area (Å²) in [4.78, 5) is 0. The molecule has 0 aliphatic carbocycles. The number of hydrogen-bond acceptors (Lipinski definition) is 0. The second kappa shape index (κ2) is 5.61. The van der Waals surface area contributed by atoms with Crippen LogP contribution in [0.25, 0.3) is 0 Å². The lowest BCUT2D eigenvalue weighted by Gasteiger charge is -1.95. The van der Waals surface area contributed by atoms with Gasteiger partial charge in [0.25, 0.3) is 0 Å². The maximum Gasteiger partial charge on any atom is -0.0326 e. The van der Waals surface area contributed by atoms with Crippen LogP contribution >= 0.6 is 0 Å². The fourth-order valence-corrected chi connectivity index (χ4v) is 0.715. The van der Waals surface area contributed by atoms with E-state index < -0.39 is 0 Å². The van der Waals surface area contributed by atoms with E-state index >= 15 is 0 Å². The van der Waals surface area contributed by atoms with Crippen molar-refractivity contribution < 1.29 is 0 Å². The van der Waals surface area contributed by atoms with Gasteiger partial charge in [-0.3, -0.25) is 0 Å². The fourth-order valence-electron chi connectivity index (χ4n) is 0.715. The Bertz CT molecular complexity index is 90.2. The molecule has 0 bridgehead atoms. The molecular weight excluding hydrogens is 108 g/mol. The Morgan fingerprint density at radius 2 is 2.11 bits per heavy atom. The lowest BCUT2D eigenvalue weighted by Crippen LogP contribution is -1.75. The first kappa shape index (κ1) is 8.48. The van der Waals surface area contributed by atoms with E-state index in [1.165, 1.54) is 24.8 Å². The highest BCUT2D eigenvalue weighted by molar-refractivity contribution is 4.87. The molecule has 0 rings (SSSR count). The van der Waals surface area contributed by atoms with Gasteiger partial charge in [-0.15, -0.1) is 13.2 Å². The van der Waals surface area contributed by atoms with Crippen LogP contribution in [0.15, 0.2) is 24.8 Å². The Labute approximate surface area is 58.3 Å². The summed E-state index contributed by atoms with van der Waals surface area (Å²) in [6.45, 7) is 9.56. The molecule has 0 aromatic heterocycles. The third-order valence-corrected chi connectivity index (χ3v) is 1.26. The molecule has 0 atom stereocenters. The van der Waals surface area contributed by atoms with E-state index in [-0.39, 0.29) is 0 Å². The molecule has 0 aromatic carbocycles. The average Bonchev–Trinajstić information content (AvgIpc) is 1.80. The molecule has 0 aliphatic heterocycles. The summed E-state index contributed by atoms with van der Waals surface area (Å²) in [6.07, 6.45) is 6.82. The summed E-state index contributed by atoms with van der Waals surface area (Å²) >= 11 is 0. The summed E-state index contributed by atoms with van der Waals surface area (Å²) in [5.41, 5.74) is 1.29. The van der Waals surface area contributed by atoms with Crippen LogP contribution in [0.4, 0.5) is 0 Å². The van der Waals surface area contributed by atoms with Gasteiger partial charge in [-0.05, 0) is 32.6 Å². The maximum atomic E-state index is 3.83. The van der Waals surface area contributed by atoms with Gasteiger partial charge in [-0.25, -0.2) is 0 Å². The van der Waals surface area contributed by atoms with Crippen molar-refractivity contribution in [1.29, 1.82) is 0 Å². The first-order chi connectivity index (χ1) is 4.27. The first-order valence-electron chi connectivity index (χ1n) is 3.52. The molecule has 0 nitrogen and oxygen atoms in total. The van der Waals surface area contributed by atoms with E-state index in [9.17, 15) is 0 Å². The number of rotatable bonds is 5. The van der Waals surface area contributed by atoms with Gasteiger partial charge in [-0.1, -0.05) is 11.6 Å². The van der Waals surface area contributed by atoms with Crippen LogP contribution in [0.5, 0.6) is 0 Å². The van der Waals surface area contributed by atoms with Crippen LogP contribution in [0, 0.1) is 0 Å². The minimum absolute atomic E-state index is 1.15. The van der Waals surface area contributed by atoms with Crippen molar-refractivity contribution >= 4 is 0 Å². The topological polar surface area (TPSA) is 0 Å². The smallest absolute Gasteiger partial charge is 0.0326 e. The Morgan fingerprint density at radius 3 is 2.56 bits per heavy atom. The molecule has 0 N–H and O–H groups in total. The zero-order chi connectivity index (χ0) is 7.11. The highest BCUT2D eigenvalue weighted by Crippen LogP contribution is 2.05. The van der Waals surface area contributed by atoms with Crippen LogP contribution in [-0.4, -0.2) is 0 Å². The Hall–Kier alpha value is -0.520. The monoisotopic (exact) mass is 124 g/mol. The maximum absolute atomic E-state index is 3.83. The van der Waals surface area contributed by atoms with E-state index in [1.54, 1.807) is 0 Å². The predicted molar refractivity (Wildman–Crippen MR) is 43.5 cm³/mol. The second-order valence-corrected chi connectivity index (χ2v) is 2.49. The Morgan fingerprint density at radius 1 is 1.44 bits per heavy atom. The number of allylic oxidation sites excluding steroid dienone is 2. The largest absolute Gasteiger partial charge is 0.103 e. The van der Waals surface area contributed by atoms with Crippen molar-refractivity contribution in [2.75, 3.05) is 0 Å². The third-order valence-electron chi connectivity index (χ3n) is 1.26. The number of hydrogen-bond donors (Lipinski definition) is 0. The molecule has 0 fully saturated rings. The molecule has 0 heterocycles. The SMILES string of the molecule is C=CCCCCC(=C)C. The quantitative estimate of drug-likeness (QED) is 0.389. The fraction of sp³-hybridized carbons (Fsp3) is 0.556. The van der Waals surface area contributed by atoms with E-state index in [0.29, 0.717) is 0 Å². The van der Waals surface area contributed by atoms with E-state index in [1.807, 2.05) is 6.08 Å². The van der Waals surface area contributed by atoms with Gasteiger partial charge < -0.3 is 0 Å². The highest BCUT2D eigenvalue weighted by atomic mass is 13.9. The molecule has 0 radical (unpaired) electrons. The molecule has 9 heavy (non-hydrogen) atoms. The van der Waals surface area contributed by atoms with Gasteiger partial charge in [0.15, 0.2) is 0 Å². The van der Waals surface area contributed by atoms with Crippen molar-refractivity contribution in [3.05, 3.63) is 24.8 Å². The van der Waals surface area contributed by atoms with Crippen LogP contribution < -0.4 is 0 Å². The first-order valence-corrected chi connectivity index (χ1v) is 3.52. The van der Waals surface area contributed by atoms with Gasteiger partial charge in [0.05, 0.1) is 0 Å². The summed E-state index contributed by atoms with van der Waals surface area (Å²) in [7, 11) is 0. The normalized spacial score (nSPS) is 9.00. The standard InChI is InChI=1S/C9H16/c1-4-5-6-7-8-9(2)3/h4H,1-2,5-8H2,3H3. The third kappa shape index (κ3) is 7.48. The van der Waals surface area contributed by atoms with Gasteiger partial charge in [0, 0.05) is 0 Å². The molecule has 0 unspecified atom stereocenters. The van der Waals surface area contributed by atoms with E-state index in [0.717, 1.165) is 6.42 Å². The average molecular weight is 124 g/mol. The molecule has 0 spiro atoms. The molecular formula is C9H16. The molecule has 0 saturated heterocycles. The predicted octanol–water partition coefficient (Wildman–Crippen LogP) is 3.31. The van der Waals surface area contributed by atoms with E-state index in [4.69, 9.17) is 0 Å². The molecule has 0 saturated carbocycles. The van der Waals surface area contributed by atoms with Crippen molar-refractivity contribution in [3.8, 4) is 0 Å². The van der Waals surface area contributed by atoms with Crippen LogP contribution in [0.1, 0.15) is 32.6 Å². The Kier molecular flexibility index (Phi) is 5.29. The molecule has 52 valence electrons. The van der Waals surface area contributed by atoms with Crippen molar-refractivity contribution in [3.63, 3.8) is 0 Å². The molecule has 0 aromatic rings. The minimum Gasteiger partial charge on any atom is -0.103 e. The van der Waals surface area contributed by atoms with Crippen molar-refractivity contribution in [2.24, 2.45) is 0 Å². The van der Waals surface area contributed by atoms with Crippen molar-refractivity contribution in [1.82, 2.24) is 0 Å². The van der Waals surface area contributed by atoms with Gasteiger partial charge >= 0.3 is 0 Å². The van der Waals surface area contributed by atoms with Crippen LogP contribution in [0.3, 0.4) is 0 Å². The number of unbranched alkanes of at least 4 members (excludes halogenated alkanes) is 2. The van der Waals surface area contributed by atoms with Crippen molar-refractivity contribution in [2.45, 2.75) is 32.6 Å². The zero-order valence-corrected chi connectivity index (χ0v) is 6.32. The minimum atomic E-state index is 1.15. The van der Waals surface area contributed by atoms with Gasteiger partial charge in [0.2, 0.25) is 0 Å². The molecule has 0 aliphatic rings.